The monoisotopic (exact) mass is 246 g/mol. The number of sulfonamides is 1. The summed E-state index contributed by atoms with van der Waals surface area (Å²) < 4.78 is 26.2. The van der Waals surface area contributed by atoms with Gasteiger partial charge < -0.3 is 0 Å². The fourth-order valence-corrected chi connectivity index (χ4v) is 3.83. The van der Waals surface area contributed by atoms with Gasteiger partial charge in [-0.05, 0) is 38.3 Å². The van der Waals surface area contributed by atoms with Crippen molar-refractivity contribution < 1.29 is 8.42 Å². The summed E-state index contributed by atoms with van der Waals surface area (Å²) in [5.41, 5.74) is 0. The van der Waals surface area contributed by atoms with Gasteiger partial charge in [0, 0.05) is 12.1 Å². The SMILES string of the molecule is C=N[C@H]1CC[C@H](NS(=O)(=O)CC(C)C)CC1. The van der Waals surface area contributed by atoms with Crippen LogP contribution in [-0.2, 0) is 10.0 Å². The Morgan fingerprint density at radius 3 is 2.31 bits per heavy atom. The molecule has 0 bridgehead atoms. The second-order valence-corrected chi connectivity index (χ2v) is 6.78. The van der Waals surface area contributed by atoms with E-state index >= 15 is 0 Å². The molecule has 0 saturated heterocycles. The van der Waals surface area contributed by atoms with Crippen LogP contribution in [0.1, 0.15) is 39.5 Å². The van der Waals surface area contributed by atoms with Gasteiger partial charge in [-0.15, -0.1) is 0 Å². The standard InChI is InChI=1S/C11H22N2O2S/c1-9(2)8-16(14,15)13-11-6-4-10(12-3)5-7-11/h9-11,13H,3-8H2,1-2H3/t10-,11-. The zero-order valence-corrected chi connectivity index (χ0v) is 11.0. The smallest absolute Gasteiger partial charge is 0.212 e. The molecule has 0 radical (unpaired) electrons. The zero-order valence-electron chi connectivity index (χ0n) is 10.1. The summed E-state index contributed by atoms with van der Waals surface area (Å²) in [6.07, 6.45) is 3.64. The fraction of sp³-hybridized carbons (Fsp3) is 0.909. The summed E-state index contributed by atoms with van der Waals surface area (Å²) in [5.74, 6) is 0.385. The summed E-state index contributed by atoms with van der Waals surface area (Å²) in [4.78, 5) is 4.00. The van der Waals surface area contributed by atoms with Crippen LogP contribution in [0.25, 0.3) is 0 Å². The Bertz CT molecular complexity index is 317. The largest absolute Gasteiger partial charge is 0.298 e. The minimum Gasteiger partial charge on any atom is -0.298 e. The lowest BCUT2D eigenvalue weighted by atomic mass is 9.92. The van der Waals surface area contributed by atoms with Crippen LogP contribution >= 0.6 is 0 Å². The van der Waals surface area contributed by atoms with Gasteiger partial charge in [0.15, 0.2) is 0 Å². The predicted octanol–water partition coefficient (Wildman–Crippen LogP) is 1.57. The quantitative estimate of drug-likeness (QED) is 0.749. The molecule has 0 amide bonds. The molecule has 94 valence electrons. The number of rotatable bonds is 5. The normalized spacial score (nSPS) is 26.9. The lowest BCUT2D eigenvalue weighted by molar-refractivity contribution is 0.375. The Morgan fingerprint density at radius 2 is 1.88 bits per heavy atom. The van der Waals surface area contributed by atoms with Gasteiger partial charge in [0.05, 0.1) is 5.75 Å². The van der Waals surface area contributed by atoms with E-state index in [1.165, 1.54) is 0 Å². The second-order valence-electron chi connectivity index (χ2n) is 4.98. The van der Waals surface area contributed by atoms with Gasteiger partial charge in [-0.1, -0.05) is 13.8 Å². The fourth-order valence-electron chi connectivity index (χ4n) is 2.12. The minimum atomic E-state index is -3.10. The van der Waals surface area contributed by atoms with E-state index in [2.05, 4.69) is 16.4 Å². The van der Waals surface area contributed by atoms with E-state index in [-0.39, 0.29) is 17.7 Å². The maximum atomic E-state index is 11.7. The molecule has 0 atom stereocenters. The second kappa shape index (κ2) is 5.77. The Hall–Kier alpha value is -0.420. The number of hydrogen-bond acceptors (Lipinski definition) is 3. The van der Waals surface area contributed by atoms with Gasteiger partial charge in [0.2, 0.25) is 10.0 Å². The molecular formula is C11H22N2O2S. The average Bonchev–Trinajstić information content (AvgIpc) is 2.16. The van der Waals surface area contributed by atoms with Crippen LogP contribution in [0.3, 0.4) is 0 Å². The first-order chi connectivity index (χ1) is 7.43. The Balaban J connectivity index is 2.41. The van der Waals surface area contributed by atoms with Gasteiger partial charge in [0.25, 0.3) is 0 Å². The first-order valence-electron chi connectivity index (χ1n) is 5.89. The van der Waals surface area contributed by atoms with Gasteiger partial charge in [-0.3, -0.25) is 4.99 Å². The topological polar surface area (TPSA) is 58.5 Å². The molecule has 5 heteroatoms. The van der Waals surface area contributed by atoms with E-state index in [1.807, 2.05) is 13.8 Å². The summed E-state index contributed by atoms with van der Waals surface area (Å²) in [5, 5.41) is 0. The highest BCUT2D eigenvalue weighted by Crippen LogP contribution is 2.21. The highest BCUT2D eigenvalue weighted by atomic mass is 32.2. The number of nitrogens with one attached hydrogen (secondary N) is 1. The molecule has 0 heterocycles. The molecule has 1 saturated carbocycles. The van der Waals surface area contributed by atoms with Crippen molar-refractivity contribution in [3.8, 4) is 0 Å². The predicted molar refractivity (Wildman–Crippen MR) is 67.4 cm³/mol. The zero-order chi connectivity index (χ0) is 12.2. The van der Waals surface area contributed by atoms with E-state index in [1.54, 1.807) is 0 Å². The van der Waals surface area contributed by atoms with Crippen LogP contribution in [-0.4, -0.2) is 33.0 Å². The highest BCUT2D eigenvalue weighted by Gasteiger charge is 2.24. The molecular weight excluding hydrogens is 224 g/mol. The first kappa shape index (κ1) is 13.6. The van der Waals surface area contributed by atoms with E-state index in [0.29, 0.717) is 6.04 Å². The van der Waals surface area contributed by atoms with Gasteiger partial charge >= 0.3 is 0 Å². The van der Waals surface area contributed by atoms with Crippen molar-refractivity contribution in [3.05, 3.63) is 0 Å². The summed E-state index contributed by atoms with van der Waals surface area (Å²) in [6, 6.07) is 0.424. The third kappa shape index (κ3) is 4.61. The summed E-state index contributed by atoms with van der Waals surface area (Å²) in [6.45, 7) is 7.36. The molecule has 0 aromatic carbocycles. The van der Waals surface area contributed by atoms with Crippen molar-refractivity contribution in [2.45, 2.75) is 51.6 Å². The van der Waals surface area contributed by atoms with Crippen molar-refractivity contribution >= 4 is 16.7 Å². The van der Waals surface area contributed by atoms with Crippen LogP contribution in [0.15, 0.2) is 4.99 Å². The molecule has 1 rings (SSSR count). The van der Waals surface area contributed by atoms with Crippen molar-refractivity contribution in [1.82, 2.24) is 4.72 Å². The molecule has 4 nitrogen and oxygen atoms in total. The van der Waals surface area contributed by atoms with Crippen LogP contribution < -0.4 is 4.72 Å². The van der Waals surface area contributed by atoms with Gasteiger partial charge in [-0.25, -0.2) is 13.1 Å². The lowest BCUT2D eigenvalue weighted by Gasteiger charge is -2.26. The average molecular weight is 246 g/mol. The number of nitrogens with zero attached hydrogens (tertiary/aromatic N) is 1. The minimum absolute atomic E-state index is 0.0988. The summed E-state index contributed by atoms with van der Waals surface area (Å²) in [7, 11) is -3.10. The van der Waals surface area contributed by atoms with Gasteiger partial charge in [-0.2, -0.15) is 0 Å². The van der Waals surface area contributed by atoms with Crippen molar-refractivity contribution in [1.29, 1.82) is 0 Å². The van der Waals surface area contributed by atoms with E-state index in [0.717, 1.165) is 25.7 Å². The molecule has 16 heavy (non-hydrogen) atoms. The molecule has 0 unspecified atom stereocenters. The van der Waals surface area contributed by atoms with Crippen LogP contribution in [0.5, 0.6) is 0 Å². The number of hydrogen-bond donors (Lipinski definition) is 1. The highest BCUT2D eigenvalue weighted by molar-refractivity contribution is 7.89. The Kier molecular flexibility index (Phi) is 4.92. The number of aliphatic imine (C=N–C) groups is 1. The first-order valence-corrected chi connectivity index (χ1v) is 7.54. The molecule has 0 aromatic rings. The Labute approximate surface area is 98.6 Å². The molecule has 1 fully saturated rings. The van der Waals surface area contributed by atoms with Crippen molar-refractivity contribution in [3.63, 3.8) is 0 Å². The Morgan fingerprint density at radius 1 is 1.31 bits per heavy atom. The van der Waals surface area contributed by atoms with Crippen LogP contribution in [0.4, 0.5) is 0 Å². The molecule has 1 aliphatic carbocycles. The van der Waals surface area contributed by atoms with E-state index in [4.69, 9.17) is 0 Å². The maximum Gasteiger partial charge on any atom is 0.212 e. The molecule has 1 N–H and O–H groups in total. The molecule has 1 aliphatic rings. The van der Waals surface area contributed by atoms with E-state index < -0.39 is 10.0 Å². The van der Waals surface area contributed by atoms with Crippen molar-refractivity contribution in [2.75, 3.05) is 5.75 Å². The summed E-state index contributed by atoms with van der Waals surface area (Å²) >= 11 is 0. The van der Waals surface area contributed by atoms with Crippen LogP contribution in [0, 0.1) is 5.92 Å². The lowest BCUT2D eigenvalue weighted by Crippen LogP contribution is -2.40. The van der Waals surface area contributed by atoms with Crippen molar-refractivity contribution in [2.24, 2.45) is 10.9 Å². The van der Waals surface area contributed by atoms with Gasteiger partial charge in [0.1, 0.15) is 0 Å². The maximum absolute atomic E-state index is 11.7. The van der Waals surface area contributed by atoms with Crippen LogP contribution in [0.2, 0.25) is 0 Å². The van der Waals surface area contributed by atoms with E-state index in [9.17, 15) is 8.42 Å². The molecule has 0 spiro atoms. The third-order valence-corrected chi connectivity index (χ3v) is 4.65. The molecule has 0 aromatic heterocycles. The molecule has 0 aliphatic heterocycles. The third-order valence-electron chi connectivity index (χ3n) is 2.85.